The summed E-state index contributed by atoms with van der Waals surface area (Å²) in [4.78, 5) is 0. The van der Waals surface area contributed by atoms with Gasteiger partial charge in [0.2, 0.25) is 0 Å². The first kappa shape index (κ1) is 15.9. The van der Waals surface area contributed by atoms with E-state index in [0.717, 1.165) is 19.3 Å². The molecular weight excluding hydrogens is 250 g/mol. The Morgan fingerprint density at radius 3 is 2.50 bits per heavy atom. The summed E-state index contributed by atoms with van der Waals surface area (Å²) in [6, 6.07) is -0.0766. The molecule has 1 aliphatic heterocycles. The van der Waals surface area contributed by atoms with Gasteiger partial charge in [0.25, 0.3) is 10.2 Å². The highest BCUT2D eigenvalue weighted by Gasteiger charge is 2.37. The van der Waals surface area contributed by atoms with Crippen molar-refractivity contribution in [2.75, 3.05) is 20.1 Å². The lowest BCUT2D eigenvalue weighted by Gasteiger charge is -2.40. The molecule has 1 saturated heterocycles. The molecule has 5 nitrogen and oxygen atoms in total. The van der Waals surface area contributed by atoms with Crippen LogP contribution in [-0.2, 0) is 10.2 Å². The van der Waals surface area contributed by atoms with Crippen LogP contribution in [0.4, 0.5) is 0 Å². The summed E-state index contributed by atoms with van der Waals surface area (Å²) in [5.74, 6) is 0.606. The molecule has 1 heterocycles. The fourth-order valence-corrected chi connectivity index (χ4v) is 4.18. The van der Waals surface area contributed by atoms with Crippen LogP contribution in [0.5, 0.6) is 0 Å². The number of hydrogen-bond acceptors (Lipinski definition) is 3. The van der Waals surface area contributed by atoms with Crippen LogP contribution in [0.25, 0.3) is 0 Å². The van der Waals surface area contributed by atoms with Gasteiger partial charge in [0.15, 0.2) is 0 Å². The fraction of sp³-hybridized carbons (Fsp3) is 1.00. The smallest absolute Gasteiger partial charge is 0.282 e. The topological polar surface area (TPSA) is 66.6 Å². The van der Waals surface area contributed by atoms with E-state index in [1.165, 1.54) is 4.31 Å². The Labute approximate surface area is 112 Å². The molecule has 0 spiro atoms. The quantitative estimate of drug-likeness (QED) is 0.816. The fourth-order valence-electron chi connectivity index (χ4n) is 2.43. The van der Waals surface area contributed by atoms with Crippen molar-refractivity contribution in [2.45, 2.75) is 52.1 Å². The van der Waals surface area contributed by atoms with Gasteiger partial charge < -0.3 is 5.73 Å². The maximum Gasteiger partial charge on any atom is 0.282 e. The molecule has 6 heteroatoms. The second-order valence-electron chi connectivity index (χ2n) is 5.42. The Morgan fingerprint density at radius 1 is 1.44 bits per heavy atom. The summed E-state index contributed by atoms with van der Waals surface area (Å²) in [5, 5.41) is 0. The van der Waals surface area contributed by atoms with Gasteiger partial charge in [-0.25, -0.2) is 0 Å². The van der Waals surface area contributed by atoms with Crippen molar-refractivity contribution in [3.8, 4) is 0 Å². The molecule has 0 amide bonds. The van der Waals surface area contributed by atoms with Crippen molar-refractivity contribution in [3.05, 3.63) is 0 Å². The largest absolute Gasteiger partial charge is 0.329 e. The van der Waals surface area contributed by atoms with Crippen LogP contribution in [0.15, 0.2) is 0 Å². The van der Waals surface area contributed by atoms with Crippen molar-refractivity contribution in [3.63, 3.8) is 0 Å². The van der Waals surface area contributed by atoms with E-state index >= 15 is 0 Å². The highest BCUT2D eigenvalue weighted by Crippen LogP contribution is 2.28. The van der Waals surface area contributed by atoms with Crippen molar-refractivity contribution >= 4 is 10.2 Å². The summed E-state index contributed by atoms with van der Waals surface area (Å²) in [5.41, 5.74) is 5.76. The van der Waals surface area contributed by atoms with Gasteiger partial charge in [-0.2, -0.15) is 17.0 Å². The molecule has 2 N–H and O–H groups in total. The SMILES string of the molecule is CCC1CCN(S(=O)(=O)N(C)C(C)C)C(CN)C1. The first-order valence-electron chi connectivity index (χ1n) is 6.79. The molecule has 2 unspecified atom stereocenters. The van der Waals surface area contributed by atoms with E-state index in [0.29, 0.717) is 19.0 Å². The molecule has 0 aromatic carbocycles. The maximum atomic E-state index is 12.5. The molecule has 0 radical (unpaired) electrons. The number of hydrogen-bond donors (Lipinski definition) is 1. The molecule has 0 bridgehead atoms. The summed E-state index contributed by atoms with van der Waals surface area (Å²) in [6.45, 7) is 6.92. The lowest BCUT2D eigenvalue weighted by Crippen LogP contribution is -2.54. The minimum absolute atomic E-state index is 0.0303. The van der Waals surface area contributed by atoms with Crippen LogP contribution in [-0.4, -0.2) is 49.2 Å². The second-order valence-corrected chi connectivity index (χ2v) is 7.36. The zero-order valence-corrected chi connectivity index (χ0v) is 12.8. The summed E-state index contributed by atoms with van der Waals surface area (Å²) in [6.07, 6.45) is 2.93. The van der Waals surface area contributed by atoms with E-state index < -0.39 is 10.2 Å². The lowest BCUT2D eigenvalue weighted by atomic mass is 9.90. The first-order chi connectivity index (χ1) is 8.34. The minimum atomic E-state index is -3.37. The molecule has 0 aliphatic carbocycles. The molecule has 108 valence electrons. The number of nitrogens with two attached hydrogens (primary N) is 1. The number of nitrogens with zero attached hydrogens (tertiary/aromatic N) is 2. The third-order valence-electron chi connectivity index (χ3n) is 4.01. The second kappa shape index (κ2) is 6.32. The molecule has 1 fully saturated rings. The molecule has 2 atom stereocenters. The molecule has 0 aromatic heterocycles. The summed E-state index contributed by atoms with van der Waals surface area (Å²) in [7, 11) is -1.73. The Morgan fingerprint density at radius 2 is 2.06 bits per heavy atom. The van der Waals surface area contributed by atoms with E-state index in [4.69, 9.17) is 5.73 Å². The van der Waals surface area contributed by atoms with Crippen LogP contribution in [0.3, 0.4) is 0 Å². The van der Waals surface area contributed by atoms with Gasteiger partial charge >= 0.3 is 0 Å². The van der Waals surface area contributed by atoms with Crippen LogP contribution >= 0.6 is 0 Å². The van der Waals surface area contributed by atoms with Crippen LogP contribution in [0, 0.1) is 5.92 Å². The van der Waals surface area contributed by atoms with Crippen LogP contribution in [0.1, 0.15) is 40.0 Å². The zero-order valence-electron chi connectivity index (χ0n) is 12.0. The van der Waals surface area contributed by atoms with E-state index in [1.807, 2.05) is 13.8 Å². The average Bonchev–Trinajstić information content (AvgIpc) is 2.36. The highest BCUT2D eigenvalue weighted by molar-refractivity contribution is 7.86. The predicted molar refractivity (Wildman–Crippen MR) is 74.4 cm³/mol. The standard InChI is InChI=1S/C12H27N3O2S/c1-5-11-6-7-15(12(8-11)9-13)18(16,17)14(4)10(2)3/h10-12H,5-9,13H2,1-4H3. The Balaban J connectivity index is 2.88. The number of rotatable bonds is 5. The third-order valence-corrected chi connectivity index (χ3v) is 6.23. The van der Waals surface area contributed by atoms with Crippen molar-refractivity contribution in [1.29, 1.82) is 0 Å². The minimum Gasteiger partial charge on any atom is -0.329 e. The van der Waals surface area contributed by atoms with Gasteiger partial charge in [-0.3, -0.25) is 0 Å². The zero-order chi connectivity index (χ0) is 13.9. The van der Waals surface area contributed by atoms with Gasteiger partial charge in [0.05, 0.1) is 0 Å². The van der Waals surface area contributed by atoms with E-state index in [2.05, 4.69) is 6.92 Å². The van der Waals surface area contributed by atoms with E-state index in [1.54, 1.807) is 11.4 Å². The molecule has 1 aliphatic rings. The monoisotopic (exact) mass is 277 g/mol. The van der Waals surface area contributed by atoms with Gasteiger partial charge in [0, 0.05) is 32.2 Å². The molecule has 1 rings (SSSR count). The normalized spacial score (nSPS) is 27.1. The molecular formula is C12H27N3O2S. The highest BCUT2D eigenvalue weighted by atomic mass is 32.2. The Hall–Kier alpha value is -0.170. The average molecular weight is 277 g/mol. The van der Waals surface area contributed by atoms with Gasteiger partial charge in [-0.1, -0.05) is 13.3 Å². The number of piperidine rings is 1. The van der Waals surface area contributed by atoms with E-state index in [-0.39, 0.29) is 12.1 Å². The van der Waals surface area contributed by atoms with E-state index in [9.17, 15) is 8.42 Å². The maximum absolute atomic E-state index is 12.5. The van der Waals surface area contributed by atoms with Crippen molar-refractivity contribution < 1.29 is 8.42 Å². The third kappa shape index (κ3) is 3.23. The first-order valence-corrected chi connectivity index (χ1v) is 8.19. The van der Waals surface area contributed by atoms with Crippen LogP contribution < -0.4 is 5.73 Å². The van der Waals surface area contributed by atoms with Gasteiger partial charge in [-0.15, -0.1) is 0 Å². The lowest BCUT2D eigenvalue weighted by molar-refractivity contribution is 0.185. The van der Waals surface area contributed by atoms with Crippen molar-refractivity contribution in [2.24, 2.45) is 11.7 Å². The Kier molecular flexibility index (Phi) is 5.58. The van der Waals surface area contributed by atoms with Crippen LogP contribution in [0.2, 0.25) is 0 Å². The molecule has 0 saturated carbocycles. The summed E-state index contributed by atoms with van der Waals surface area (Å²) < 4.78 is 28.0. The van der Waals surface area contributed by atoms with Gasteiger partial charge in [0.1, 0.15) is 0 Å². The Bertz CT molecular complexity index is 356. The molecule has 0 aromatic rings. The predicted octanol–water partition coefficient (Wildman–Crippen LogP) is 1.02. The van der Waals surface area contributed by atoms with Crippen molar-refractivity contribution in [1.82, 2.24) is 8.61 Å². The van der Waals surface area contributed by atoms with Gasteiger partial charge in [-0.05, 0) is 32.6 Å². The molecule has 18 heavy (non-hydrogen) atoms. The summed E-state index contributed by atoms with van der Waals surface area (Å²) >= 11 is 0.